The molecule has 13 heavy (non-hydrogen) atoms. The van der Waals surface area contributed by atoms with Crippen LogP contribution in [0.4, 0.5) is 5.82 Å². The minimum Gasteiger partial charge on any atom is -0.249 e. The molecular weight excluding hydrogens is 190 g/mol. The van der Waals surface area contributed by atoms with E-state index in [9.17, 15) is 4.79 Å². The highest BCUT2D eigenvalue weighted by atomic mass is 35.5. The molecule has 0 bridgehead atoms. The van der Waals surface area contributed by atoms with E-state index in [2.05, 4.69) is 10.1 Å². The molecule has 4 nitrogen and oxygen atoms in total. The van der Waals surface area contributed by atoms with Gasteiger partial charge in [-0.2, -0.15) is 5.10 Å². The van der Waals surface area contributed by atoms with Crippen molar-refractivity contribution in [3.63, 3.8) is 0 Å². The number of rotatable bonds is 2. The summed E-state index contributed by atoms with van der Waals surface area (Å²) in [4.78, 5) is 13.6. The topological polar surface area (TPSA) is 47.2 Å². The molecule has 1 aliphatic carbocycles. The summed E-state index contributed by atoms with van der Waals surface area (Å²) in [6.07, 6.45) is 3.72. The van der Waals surface area contributed by atoms with Gasteiger partial charge < -0.3 is 0 Å². The summed E-state index contributed by atoms with van der Waals surface area (Å²) in [5.74, 6) is 0.868. The van der Waals surface area contributed by atoms with Gasteiger partial charge in [-0.25, -0.2) is 9.48 Å². The first-order valence-electron chi connectivity index (χ1n) is 4.04. The Balaban J connectivity index is 2.49. The van der Waals surface area contributed by atoms with Crippen molar-refractivity contribution in [1.82, 2.24) is 9.78 Å². The predicted octanol–water partition coefficient (Wildman–Crippen LogP) is 1.92. The summed E-state index contributed by atoms with van der Waals surface area (Å²) in [6, 6.07) is 0. The molecule has 1 aromatic rings. The van der Waals surface area contributed by atoms with Crippen LogP contribution in [0.3, 0.4) is 0 Å². The van der Waals surface area contributed by atoms with E-state index in [1.54, 1.807) is 7.05 Å². The molecule has 0 radical (unpaired) electrons. The lowest BCUT2D eigenvalue weighted by Gasteiger charge is -1.89. The summed E-state index contributed by atoms with van der Waals surface area (Å²) in [6.45, 7) is 0. The molecule has 0 atom stereocenters. The number of nitrogens with zero attached hydrogens (tertiary/aromatic N) is 3. The van der Waals surface area contributed by atoms with Crippen molar-refractivity contribution < 1.29 is 4.79 Å². The van der Waals surface area contributed by atoms with E-state index in [0.717, 1.165) is 18.5 Å². The lowest BCUT2D eigenvalue weighted by Crippen LogP contribution is -1.90. The molecule has 1 aromatic heterocycles. The molecule has 1 fully saturated rings. The molecule has 2 rings (SSSR count). The fourth-order valence-electron chi connectivity index (χ4n) is 1.29. The van der Waals surface area contributed by atoms with Gasteiger partial charge in [0.05, 0.1) is 5.69 Å². The van der Waals surface area contributed by atoms with E-state index in [4.69, 9.17) is 11.6 Å². The summed E-state index contributed by atoms with van der Waals surface area (Å²) >= 11 is 5.99. The van der Waals surface area contributed by atoms with Crippen molar-refractivity contribution in [3.8, 4) is 0 Å². The first-order valence-corrected chi connectivity index (χ1v) is 4.42. The smallest absolute Gasteiger partial charge is 0.242 e. The van der Waals surface area contributed by atoms with Crippen LogP contribution in [-0.2, 0) is 11.8 Å². The predicted molar refractivity (Wildman–Crippen MR) is 48.0 cm³/mol. The van der Waals surface area contributed by atoms with Crippen molar-refractivity contribution in [2.24, 2.45) is 12.0 Å². The van der Waals surface area contributed by atoms with Crippen LogP contribution in [0.1, 0.15) is 24.5 Å². The minimum absolute atomic E-state index is 0.401. The average Bonchev–Trinajstić information content (AvgIpc) is 2.88. The Morgan fingerprint density at radius 3 is 2.92 bits per heavy atom. The highest BCUT2D eigenvalue weighted by Gasteiger charge is 2.30. The van der Waals surface area contributed by atoms with E-state index in [-0.39, 0.29) is 0 Å². The Kier molecular flexibility index (Phi) is 1.94. The fourth-order valence-corrected chi connectivity index (χ4v) is 1.65. The maximum atomic E-state index is 10.1. The van der Waals surface area contributed by atoms with E-state index in [0.29, 0.717) is 16.8 Å². The highest BCUT2D eigenvalue weighted by molar-refractivity contribution is 6.33. The van der Waals surface area contributed by atoms with Gasteiger partial charge in [-0.15, -0.1) is 4.99 Å². The maximum absolute atomic E-state index is 10.1. The number of halogens is 1. The molecule has 1 heterocycles. The third kappa shape index (κ3) is 1.39. The molecular formula is C8H8ClN3O. The fraction of sp³-hybridized carbons (Fsp3) is 0.500. The van der Waals surface area contributed by atoms with Crippen molar-refractivity contribution in [3.05, 3.63) is 10.7 Å². The molecule has 0 aromatic carbocycles. The number of aliphatic imine (C=N–C) groups is 1. The summed E-state index contributed by atoms with van der Waals surface area (Å²) in [7, 11) is 1.72. The largest absolute Gasteiger partial charge is 0.249 e. The second-order valence-electron chi connectivity index (χ2n) is 3.12. The quantitative estimate of drug-likeness (QED) is 0.537. The molecule has 0 saturated heterocycles. The van der Waals surface area contributed by atoms with Crippen LogP contribution in [0.15, 0.2) is 4.99 Å². The van der Waals surface area contributed by atoms with Gasteiger partial charge in [-0.3, -0.25) is 0 Å². The molecule has 0 N–H and O–H groups in total. The van der Waals surface area contributed by atoms with Crippen LogP contribution in [0.5, 0.6) is 0 Å². The Hall–Kier alpha value is -1.12. The van der Waals surface area contributed by atoms with Crippen LogP contribution in [0.25, 0.3) is 0 Å². The monoisotopic (exact) mass is 197 g/mol. The Morgan fingerprint density at radius 2 is 2.38 bits per heavy atom. The van der Waals surface area contributed by atoms with Gasteiger partial charge in [0.2, 0.25) is 6.08 Å². The Bertz CT molecular complexity index is 388. The van der Waals surface area contributed by atoms with E-state index < -0.39 is 0 Å². The molecule has 68 valence electrons. The zero-order valence-electron chi connectivity index (χ0n) is 7.12. The first-order chi connectivity index (χ1) is 6.24. The molecule has 1 saturated carbocycles. The SMILES string of the molecule is Cn1nc(C2CC2)c(Cl)c1N=C=O. The molecule has 0 aliphatic heterocycles. The van der Waals surface area contributed by atoms with Gasteiger partial charge in [0.25, 0.3) is 0 Å². The summed E-state index contributed by atoms with van der Waals surface area (Å²) < 4.78 is 1.51. The number of hydrogen-bond donors (Lipinski definition) is 0. The van der Waals surface area contributed by atoms with E-state index in [1.165, 1.54) is 10.8 Å². The van der Waals surface area contributed by atoms with Gasteiger partial charge in [-0.05, 0) is 12.8 Å². The third-order valence-corrected chi connectivity index (χ3v) is 2.46. The number of hydrogen-bond acceptors (Lipinski definition) is 3. The number of aromatic nitrogens is 2. The zero-order valence-corrected chi connectivity index (χ0v) is 7.88. The number of isocyanates is 1. The van der Waals surface area contributed by atoms with Crippen molar-refractivity contribution in [2.45, 2.75) is 18.8 Å². The number of carbonyl (C=O) groups excluding carboxylic acids is 1. The van der Waals surface area contributed by atoms with Crippen LogP contribution < -0.4 is 0 Å². The normalized spacial score (nSPS) is 15.5. The molecule has 5 heteroatoms. The summed E-state index contributed by atoms with van der Waals surface area (Å²) in [5, 5.41) is 4.70. The van der Waals surface area contributed by atoms with E-state index in [1.807, 2.05) is 0 Å². The molecule has 0 unspecified atom stereocenters. The Labute approximate surface area is 80.2 Å². The average molecular weight is 198 g/mol. The van der Waals surface area contributed by atoms with Gasteiger partial charge in [0.1, 0.15) is 5.02 Å². The summed E-state index contributed by atoms with van der Waals surface area (Å²) in [5.41, 5.74) is 0.859. The molecule has 0 amide bonds. The standard InChI is InChI=1S/C8H8ClN3O/c1-12-8(10-4-13)6(9)7(11-12)5-2-3-5/h5H,2-3H2,1H3. The second kappa shape index (κ2) is 2.98. The lowest BCUT2D eigenvalue weighted by atomic mass is 10.3. The zero-order chi connectivity index (χ0) is 9.42. The minimum atomic E-state index is 0.401. The van der Waals surface area contributed by atoms with E-state index >= 15 is 0 Å². The van der Waals surface area contributed by atoms with Gasteiger partial charge >= 0.3 is 0 Å². The number of aryl methyl sites for hydroxylation is 1. The molecule has 0 spiro atoms. The second-order valence-corrected chi connectivity index (χ2v) is 3.50. The van der Waals surface area contributed by atoms with Gasteiger partial charge in [0, 0.05) is 13.0 Å². The van der Waals surface area contributed by atoms with Gasteiger partial charge in [0.15, 0.2) is 5.82 Å². The highest BCUT2D eigenvalue weighted by Crippen LogP contribution is 2.44. The van der Waals surface area contributed by atoms with Crippen molar-refractivity contribution >= 4 is 23.5 Å². The Morgan fingerprint density at radius 1 is 1.69 bits per heavy atom. The maximum Gasteiger partial charge on any atom is 0.242 e. The van der Waals surface area contributed by atoms with Crippen LogP contribution in [0, 0.1) is 0 Å². The van der Waals surface area contributed by atoms with Gasteiger partial charge in [-0.1, -0.05) is 11.6 Å². The van der Waals surface area contributed by atoms with Crippen LogP contribution >= 0.6 is 11.6 Å². The third-order valence-electron chi connectivity index (χ3n) is 2.10. The lowest BCUT2D eigenvalue weighted by molar-refractivity contribution is 0.564. The first kappa shape index (κ1) is 8.48. The van der Waals surface area contributed by atoms with Crippen LogP contribution in [0.2, 0.25) is 5.02 Å². The van der Waals surface area contributed by atoms with Crippen molar-refractivity contribution in [1.29, 1.82) is 0 Å². The van der Waals surface area contributed by atoms with Crippen LogP contribution in [-0.4, -0.2) is 15.9 Å². The van der Waals surface area contributed by atoms with Crippen molar-refractivity contribution in [2.75, 3.05) is 0 Å². The molecule has 1 aliphatic rings.